The van der Waals surface area contributed by atoms with Crippen molar-refractivity contribution in [2.45, 2.75) is 38.1 Å². The minimum atomic E-state index is -0.596. The first-order valence-corrected chi connectivity index (χ1v) is 12.0. The van der Waals surface area contributed by atoms with Gasteiger partial charge >= 0.3 is 0 Å². The van der Waals surface area contributed by atoms with Crippen molar-refractivity contribution in [2.75, 3.05) is 11.5 Å². The van der Waals surface area contributed by atoms with Crippen molar-refractivity contribution < 1.29 is 13.5 Å². The summed E-state index contributed by atoms with van der Waals surface area (Å²) in [6.45, 7) is 0.460. The Labute approximate surface area is 210 Å². The summed E-state index contributed by atoms with van der Waals surface area (Å²) in [4.78, 5) is 26.7. The second-order valence-corrected chi connectivity index (χ2v) is 9.06. The van der Waals surface area contributed by atoms with Gasteiger partial charge in [-0.05, 0) is 43.5 Å². The van der Waals surface area contributed by atoms with Crippen molar-refractivity contribution in [1.29, 1.82) is 0 Å². The second kappa shape index (κ2) is 9.08. The third-order valence-corrected chi connectivity index (χ3v) is 6.49. The van der Waals surface area contributed by atoms with E-state index >= 15 is 0 Å². The highest BCUT2D eigenvalue weighted by Crippen LogP contribution is 2.39. The van der Waals surface area contributed by atoms with E-state index in [0.717, 1.165) is 12.8 Å². The smallest absolute Gasteiger partial charge is 0.270 e. The zero-order valence-corrected chi connectivity index (χ0v) is 19.8. The number of anilines is 2. The molecule has 5 aromatic rings. The highest BCUT2D eigenvalue weighted by molar-refractivity contribution is 5.78. The molecule has 0 saturated heterocycles. The van der Waals surface area contributed by atoms with E-state index in [1.54, 1.807) is 35.2 Å². The predicted molar refractivity (Wildman–Crippen MR) is 134 cm³/mol. The molecule has 0 amide bonds. The zero-order valence-electron chi connectivity index (χ0n) is 19.8. The average Bonchev–Trinajstić information content (AvgIpc) is 3.63. The van der Waals surface area contributed by atoms with Crippen molar-refractivity contribution in [2.24, 2.45) is 0 Å². The van der Waals surface area contributed by atoms with Crippen LogP contribution in [-0.2, 0) is 13.0 Å². The quantitative estimate of drug-likeness (QED) is 0.326. The number of fused-ring (bicyclic) bond motifs is 1. The van der Waals surface area contributed by atoms with E-state index in [9.17, 15) is 9.18 Å². The summed E-state index contributed by atoms with van der Waals surface area (Å²) in [5.74, 6) is 1.71. The van der Waals surface area contributed by atoms with E-state index in [1.807, 2.05) is 18.2 Å². The van der Waals surface area contributed by atoms with Crippen molar-refractivity contribution in [3.05, 3.63) is 82.7 Å². The molecule has 3 heterocycles. The Morgan fingerprint density at radius 1 is 1.08 bits per heavy atom. The number of nitrogen functional groups attached to an aromatic ring is 2. The molecule has 0 aliphatic heterocycles. The number of aryl methyl sites for hydroxylation is 2. The molecule has 1 saturated carbocycles. The number of para-hydroxylation sites is 1. The molecule has 10 nitrogen and oxygen atoms in total. The van der Waals surface area contributed by atoms with Gasteiger partial charge in [-0.3, -0.25) is 9.36 Å². The van der Waals surface area contributed by atoms with Crippen LogP contribution >= 0.6 is 0 Å². The molecule has 0 unspecified atom stereocenters. The maximum Gasteiger partial charge on any atom is 0.270 e. The number of hydrogen-bond donors (Lipinski definition) is 2. The van der Waals surface area contributed by atoms with Crippen LogP contribution < -0.4 is 21.6 Å². The molecule has 11 heteroatoms. The summed E-state index contributed by atoms with van der Waals surface area (Å²) in [5.41, 5.74) is 13.4. The van der Waals surface area contributed by atoms with Crippen LogP contribution in [0.15, 0.2) is 64.2 Å². The first kappa shape index (κ1) is 22.8. The first-order valence-electron chi connectivity index (χ1n) is 12.0. The zero-order chi connectivity index (χ0) is 25.5. The van der Waals surface area contributed by atoms with Crippen molar-refractivity contribution >= 4 is 22.5 Å². The van der Waals surface area contributed by atoms with Crippen LogP contribution in [0, 0.1) is 5.82 Å². The molecule has 2 aromatic carbocycles. The van der Waals surface area contributed by atoms with Crippen LogP contribution in [0.3, 0.4) is 0 Å². The normalized spacial score (nSPS) is 13.3. The first-order chi connectivity index (χ1) is 18.0. The Morgan fingerprint density at radius 2 is 1.89 bits per heavy atom. The molecule has 0 atom stereocenters. The third kappa shape index (κ3) is 4.18. The minimum absolute atomic E-state index is 0.0359. The van der Waals surface area contributed by atoms with Crippen molar-refractivity contribution in [1.82, 2.24) is 24.7 Å². The number of aromatic nitrogens is 6. The lowest BCUT2D eigenvalue weighted by molar-refractivity contribution is -0.685. The van der Waals surface area contributed by atoms with Gasteiger partial charge in [0.2, 0.25) is 18.0 Å². The number of benzene rings is 2. The van der Waals surface area contributed by atoms with E-state index < -0.39 is 11.4 Å². The summed E-state index contributed by atoms with van der Waals surface area (Å²) in [7, 11) is 0. The Balaban J connectivity index is 1.31. The topological polar surface area (TPSA) is 143 Å². The standard InChI is InChI=1S/C26H23FN8O2/c27-17-8-4-9-18-20(17)26(36)35(16-6-2-1-3-7-16)19(31-18)10-5-13-34-14-30-22(28)21(23(34)29)25-32-24(33-37-25)15-11-12-15/h1-4,6-9,14-15H,5,10-13H2,(H3,28,29,32,33)/p+1. The van der Waals surface area contributed by atoms with Gasteiger partial charge in [0.25, 0.3) is 11.4 Å². The van der Waals surface area contributed by atoms with Gasteiger partial charge in [-0.15, -0.1) is 0 Å². The maximum atomic E-state index is 14.5. The number of rotatable bonds is 7. The Bertz CT molecular complexity index is 1680. The molecule has 0 radical (unpaired) electrons. The largest absolute Gasteiger partial charge is 0.369 e. The average molecular weight is 500 g/mol. The van der Waals surface area contributed by atoms with E-state index in [-0.39, 0.29) is 17.1 Å². The molecule has 3 aromatic heterocycles. The minimum Gasteiger partial charge on any atom is -0.369 e. The van der Waals surface area contributed by atoms with E-state index in [2.05, 4.69) is 20.1 Å². The molecular weight excluding hydrogens is 475 g/mol. The second-order valence-electron chi connectivity index (χ2n) is 9.06. The van der Waals surface area contributed by atoms with Crippen LogP contribution in [0.2, 0.25) is 0 Å². The van der Waals surface area contributed by atoms with Gasteiger partial charge in [-0.2, -0.15) is 4.98 Å². The van der Waals surface area contributed by atoms with Crippen LogP contribution in [0.5, 0.6) is 0 Å². The molecule has 0 spiro atoms. The molecule has 1 aliphatic rings. The van der Waals surface area contributed by atoms with Crippen LogP contribution in [0.25, 0.3) is 28.0 Å². The molecule has 1 fully saturated rings. The summed E-state index contributed by atoms with van der Waals surface area (Å²) in [6.07, 6.45) is 4.63. The van der Waals surface area contributed by atoms with Crippen molar-refractivity contribution in [3.8, 4) is 17.1 Å². The molecule has 37 heavy (non-hydrogen) atoms. The number of nitrogens with zero attached hydrogens (tertiary/aromatic N) is 6. The summed E-state index contributed by atoms with van der Waals surface area (Å²) in [6, 6.07) is 13.5. The van der Waals surface area contributed by atoms with Gasteiger partial charge in [0.05, 0.1) is 17.7 Å². The fourth-order valence-electron chi connectivity index (χ4n) is 4.43. The maximum absolute atomic E-state index is 14.5. The highest BCUT2D eigenvalue weighted by atomic mass is 19.1. The SMILES string of the molecule is Nc1nc[n+](CCCc2nc3cccc(F)c3c(=O)n2-c2ccccc2)c(N)c1-c1nc(C2CC2)no1. The number of nitrogens with two attached hydrogens (primary N) is 2. The number of hydrogen-bond acceptors (Lipinski definition) is 8. The van der Waals surface area contributed by atoms with Gasteiger partial charge in [0, 0.05) is 12.3 Å². The van der Waals surface area contributed by atoms with Crippen LogP contribution in [0.1, 0.15) is 36.8 Å². The Kier molecular flexibility index (Phi) is 5.59. The van der Waals surface area contributed by atoms with E-state index in [1.165, 1.54) is 10.6 Å². The summed E-state index contributed by atoms with van der Waals surface area (Å²) < 4.78 is 23.2. The van der Waals surface area contributed by atoms with Crippen LogP contribution in [-0.4, -0.2) is 24.7 Å². The van der Waals surface area contributed by atoms with Crippen LogP contribution in [0.4, 0.5) is 16.0 Å². The highest BCUT2D eigenvalue weighted by Gasteiger charge is 2.31. The lowest BCUT2D eigenvalue weighted by atomic mass is 10.2. The monoisotopic (exact) mass is 499 g/mol. The van der Waals surface area contributed by atoms with Gasteiger partial charge < -0.3 is 16.0 Å². The Morgan fingerprint density at radius 3 is 2.68 bits per heavy atom. The fraction of sp³-hybridized carbons (Fsp3) is 0.231. The molecule has 6 rings (SSSR count). The lowest BCUT2D eigenvalue weighted by Crippen LogP contribution is -2.39. The molecule has 0 bridgehead atoms. The third-order valence-electron chi connectivity index (χ3n) is 6.49. The van der Waals surface area contributed by atoms with Gasteiger partial charge in [0.1, 0.15) is 17.0 Å². The molecular formula is C26H24FN8O2+. The molecule has 1 aliphatic carbocycles. The van der Waals surface area contributed by atoms with E-state index in [4.69, 9.17) is 16.0 Å². The molecule has 186 valence electrons. The van der Waals surface area contributed by atoms with Gasteiger partial charge in [-0.25, -0.2) is 13.9 Å². The van der Waals surface area contributed by atoms with Crippen molar-refractivity contribution in [3.63, 3.8) is 0 Å². The predicted octanol–water partition coefficient (Wildman–Crippen LogP) is 2.93. The Hall–Kier alpha value is -4.67. The lowest BCUT2D eigenvalue weighted by Gasteiger charge is -2.14. The van der Waals surface area contributed by atoms with Gasteiger partial charge in [-0.1, -0.05) is 34.4 Å². The van der Waals surface area contributed by atoms with E-state index in [0.29, 0.717) is 59.5 Å². The summed E-state index contributed by atoms with van der Waals surface area (Å²) in [5, 5.41) is 4.01. The molecule has 4 N–H and O–H groups in total. The van der Waals surface area contributed by atoms with Gasteiger partial charge in [0.15, 0.2) is 11.4 Å². The fourth-order valence-corrected chi connectivity index (χ4v) is 4.43. The summed E-state index contributed by atoms with van der Waals surface area (Å²) >= 11 is 0. The number of halogens is 1.